The summed E-state index contributed by atoms with van der Waals surface area (Å²) < 4.78 is 13.0. The third kappa shape index (κ3) is 4.58. The van der Waals surface area contributed by atoms with E-state index in [1.807, 2.05) is 32.6 Å². The Morgan fingerprint density at radius 2 is 1.83 bits per heavy atom. The van der Waals surface area contributed by atoms with E-state index in [2.05, 4.69) is 9.97 Å². The number of thioether (sulfide) groups is 1. The SMILES string of the molecule is CC(C)N(C(=O)CSc1ncc(-c2ccc(F)cc2)[nH]1)C(C)C. The van der Waals surface area contributed by atoms with Crippen LogP contribution in [0.2, 0.25) is 0 Å². The number of carbonyl (C=O) groups is 1. The van der Waals surface area contributed by atoms with Crippen LogP contribution >= 0.6 is 11.8 Å². The number of nitrogens with zero attached hydrogens (tertiary/aromatic N) is 2. The zero-order valence-electron chi connectivity index (χ0n) is 13.8. The van der Waals surface area contributed by atoms with Crippen molar-refractivity contribution in [2.24, 2.45) is 0 Å². The number of hydrogen-bond acceptors (Lipinski definition) is 3. The van der Waals surface area contributed by atoms with E-state index in [0.29, 0.717) is 10.9 Å². The van der Waals surface area contributed by atoms with Gasteiger partial charge in [0.1, 0.15) is 5.82 Å². The van der Waals surface area contributed by atoms with E-state index in [9.17, 15) is 9.18 Å². The standard InChI is InChI=1S/C17H22FN3OS/c1-11(2)21(12(3)4)16(22)10-23-17-19-9-15(20-17)13-5-7-14(18)8-6-13/h5-9,11-12H,10H2,1-4H3,(H,19,20). The molecule has 1 N–H and O–H groups in total. The van der Waals surface area contributed by atoms with Crippen molar-refractivity contribution in [1.82, 2.24) is 14.9 Å². The smallest absolute Gasteiger partial charge is 0.233 e. The summed E-state index contributed by atoms with van der Waals surface area (Å²) >= 11 is 1.38. The highest BCUT2D eigenvalue weighted by Crippen LogP contribution is 2.22. The second-order valence-corrected chi connectivity index (χ2v) is 6.85. The summed E-state index contributed by atoms with van der Waals surface area (Å²) in [5.74, 6) is 0.169. The number of amides is 1. The van der Waals surface area contributed by atoms with Gasteiger partial charge in [-0.25, -0.2) is 9.37 Å². The first-order valence-corrected chi connectivity index (χ1v) is 8.62. The van der Waals surface area contributed by atoms with Gasteiger partial charge in [0.05, 0.1) is 17.6 Å². The molecule has 0 saturated heterocycles. The number of hydrogen-bond donors (Lipinski definition) is 1. The molecule has 1 aromatic carbocycles. The number of imidazole rings is 1. The number of benzene rings is 1. The van der Waals surface area contributed by atoms with Crippen LogP contribution in [0.25, 0.3) is 11.3 Å². The fourth-order valence-electron chi connectivity index (χ4n) is 2.53. The molecule has 124 valence electrons. The quantitative estimate of drug-likeness (QED) is 0.813. The van der Waals surface area contributed by atoms with Crippen molar-refractivity contribution in [2.45, 2.75) is 44.9 Å². The lowest BCUT2D eigenvalue weighted by molar-refractivity contribution is -0.131. The van der Waals surface area contributed by atoms with Crippen molar-refractivity contribution in [3.05, 3.63) is 36.3 Å². The molecule has 1 aromatic heterocycles. The van der Waals surface area contributed by atoms with Gasteiger partial charge in [0.25, 0.3) is 0 Å². The summed E-state index contributed by atoms with van der Waals surface area (Å²) in [5.41, 5.74) is 1.67. The average molecular weight is 335 g/mol. The predicted octanol–water partition coefficient (Wildman–Crippen LogP) is 3.95. The van der Waals surface area contributed by atoms with E-state index >= 15 is 0 Å². The molecular formula is C17H22FN3OS. The lowest BCUT2D eigenvalue weighted by Crippen LogP contribution is -2.43. The second-order valence-electron chi connectivity index (χ2n) is 5.89. The van der Waals surface area contributed by atoms with Gasteiger partial charge in [-0.2, -0.15) is 0 Å². The highest BCUT2D eigenvalue weighted by molar-refractivity contribution is 7.99. The lowest BCUT2D eigenvalue weighted by Gasteiger charge is -2.30. The van der Waals surface area contributed by atoms with Crippen LogP contribution in [0.5, 0.6) is 0 Å². The zero-order valence-corrected chi connectivity index (χ0v) is 14.7. The third-order valence-corrected chi connectivity index (χ3v) is 4.31. The van der Waals surface area contributed by atoms with Gasteiger partial charge >= 0.3 is 0 Å². The molecule has 0 aliphatic heterocycles. The Hall–Kier alpha value is -1.82. The molecule has 4 nitrogen and oxygen atoms in total. The van der Waals surface area contributed by atoms with Crippen LogP contribution in [0.1, 0.15) is 27.7 Å². The summed E-state index contributed by atoms with van der Waals surface area (Å²) in [7, 11) is 0. The summed E-state index contributed by atoms with van der Waals surface area (Å²) in [5, 5.41) is 0.685. The summed E-state index contributed by atoms with van der Waals surface area (Å²) in [4.78, 5) is 21.6. The lowest BCUT2D eigenvalue weighted by atomic mass is 10.2. The zero-order chi connectivity index (χ0) is 17.0. The first-order valence-electron chi connectivity index (χ1n) is 7.63. The fraction of sp³-hybridized carbons (Fsp3) is 0.412. The number of rotatable bonds is 6. The maximum absolute atomic E-state index is 13.0. The highest BCUT2D eigenvalue weighted by atomic mass is 32.2. The molecule has 0 aliphatic rings. The van der Waals surface area contributed by atoms with Crippen LogP contribution in [0.4, 0.5) is 4.39 Å². The topological polar surface area (TPSA) is 49.0 Å². The van der Waals surface area contributed by atoms with Crippen LogP contribution in [0.3, 0.4) is 0 Å². The van der Waals surface area contributed by atoms with Crippen molar-refractivity contribution in [2.75, 3.05) is 5.75 Å². The van der Waals surface area contributed by atoms with Crippen molar-refractivity contribution < 1.29 is 9.18 Å². The van der Waals surface area contributed by atoms with Crippen molar-refractivity contribution in [3.63, 3.8) is 0 Å². The molecule has 1 amide bonds. The summed E-state index contributed by atoms with van der Waals surface area (Å²) in [6, 6.07) is 6.57. The molecule has 6 heteroatoms. The van der Waals surface area contributed by atoms with Gasteiger partial charge in [-0.1, -0.05) is 11.8 Å². The van der Waals surface area contributed by atoms with E-state index in [1.165, 1.54) is 23.9 Å². The maximum Gasteiger partial charge on any atom is 0.233 e. The fourth-order valence-corrected chi connectivity index (χ4v) is 3.25. The largest absolute Gasteiger partial charge is 0.337 e. The predicted molar refractivity (Wildman–Crippen MR) is 91.8 cm³/mol. The van der Waals surface area contributed by atoms with Gasteiger partial charge in [0, 0.05) is 12.1 Å². The Bertz CT molecular complexity index is 644. The molecule has 0 spiro atoms. The Balaban J connectivity index is 1.99. The molecular weight excluding hydrogens is 313 g/mol. The van der Waals surface area contributed by atoms with E-state index in [4.69, 9.17) is 0 Å². The monoisotopic (exact) mass is 335 g/mol. The first-order chi connectivity index (χ1) is 10.9. The molecule has 0 bridgehead atoms. The second kappa shape index (κ2) is 7.64. The van der Waals surface area contributed by atoms with Gasteiger partial charge in [-0.05, 0) is 57.5 Å². The number of carbonyl (C=O) groups excluding carboxylic acids is 1. The molecule has 2 aromatic rings. The normalized spacial score (nSPS) is 11.3. The number of halogens is 1. The van der Waals surface area contributed by atoms with Crippen LogP contribution < -0.4 is 0 Å². The molecule has 1 heterocycles. The summed E-state index contributed by atoms with van der Waals surface area (Å²) in [6.45, 7) is 8.06. The van der Waals surface area contributed by atoms with Crippen molar-refractivity contribution in [1.29, 1.82) is 0 Å². The Morgan fingerprint density at radius 1 is 1.22 bits per heavy atom. The minimum atomic E-state index is -0.268. The first kappa shape index (κ1) is 17.5. The Labute approximate surface area is 140 Å². The molecule has 2 rings (SSSR count). The van der Waals surface area contributed by atoms with Crippen molar-refractivity contribution in [3.8, 4) is 11.3 Å². The Kier molecular flexibility index (Phi) is 5.82. The number of nitrogens with one attached hydrogen (secondary N) is 1. The van der Waals surface area contributed by atoms with E-state index < -0.39 is 0 Å². The van der Waals surface area contributed by atoms with Gasteiger partial charge in [-0.3, -0.25) is 4.79 Å². The minimum Gasteiger partial charge on any atom is -0.337 e. The van der Waals surface area contributed by atoms with Gasteiger partial charge in [0.15, 0.2) is 5.16 Å². The third-order valence-electron chi connectivity index (χ3n) is 3.44. The minimum absolute atomic E-state index is 0.0970. The van der Waals surface area contributed by atoms with Gasteiger partial charge in [0.2, 0.25) is 5.91 Å². The summed E-state index contributed by atoms with van der Waals surface area (Å²) in [6.07, 6.45) is 1.70. The average Bonchev–Trinajstić information content (AvgIpc) is 2.94. The van der Waals surface area contributed by atoms with Crippen LogP contribution in [0, 0.1) is 5.82 Å². The number of H-pyrrole nitrogens is 1. The Morgan fingerprint density at radius 3 is 2.39 bits per heavy atom. The number of aromatic amines is 1. The molecule has 0 saturated carbocycles. The molecule has 0 aliphatic carbocycles. The van der Waals surface area contributed by atoms with E-state index in [-0.39, 0.29) is 23.8 Å². The van der Waals surface area contributed by atoms with Crippen LogP contribution in [0.15, 0.2) is 35.6 Å². The van der Waals surface area contributed by atoms with Crippen LogP contribution in [-0.4, -0.2) is 38.6 Å². The highest BCUT2D eigenvalue weighted by Gasteiger charge is 2.20. The van der Waals surface area contributed by atoms with E-state index in [0.717, 1.165) is 11.3 Å². The molecule has 0 atom stereocenters. The van der Waals surface area contributed by atoms with Gasteiger partial charge in [-0.15, -0.1) is 0 Å². The van der Waals surface area contributed by atoms with Crippen LogP contribution in [-0.2, 0) is 4.79 Å². The van der Waals surface area contributed by atoms with E-state index in [1.54, 1.807) is 18.3 Å². The van der Waals surface area contributed by atoms with Crippen molar-refractivity contribution >= 4 is 17.7 Å². The molecule has 0 unspecified atom stereocenters. The molecule has 0 radical (unpaired) electrons. The maximum atomic E-state index is 13.0. The molecule has 23 heavy (non-hydrogen) atoms. The van der Waals surface area contributed by atoms with Gasteiger partial charge < -0.3 is 9.88 Å². The number of aromatic nitrogens is 2. The molecule has 0 fully saturated rings.